The first-order valence-electron chi connectivity index (χ1n) is 10.6. The van der Waals surface area contributed by atoms with E-state index in [1.54, 1.807) is 16.2 Å². The van der Waals surface area contributed by atoms with Crippen molar-refractivity contribution in [2.24, 2.45) is 11.3 Å². The van der Waals surface area contributed by atoms with E-state index in [4.69, 9.17) is 4.74 Å². The summed E-state index contributed by atoms with van der Waals surface area (Å²) < 4.78 is 7.47. The number of aromatic nitrogens is 1. The topological polar surface area (TPSA) is 92.6 Å². The van der Waals surface area contributed by atoms with E-state index >= 15 is 0 Å². The number of piperidine rings is 1. The van der Waals surface area contributed by atoms with Crippen molar-refractivity contribution in [2.45, 2.75) is 31.9 Å². The van der Waals surface area contributed by atoms with Crippen LogP contribution in [0.15, 0.2) is 60.8 Å². The number of rotatable bonds is 5. The first-order chi connectivity index (χ1) is 15.1. The van der Waals surface area contributed by atoms with E-state index in [0.29, 0.717) is 13.0 Å². The van der Waals surface area contributed by atoms with Gasteiger partial charge in [0.05, 0.1) is 17.5 Å². The number of ether oxygens (including phenoxy) is 1. The number of benzene rings is 2. The molecule has 7 heteroatoms. The van der Waals surface area contributed by atoms with Gasteiger partial charge in [0.15, 0.2) is 0 Å². The summed E-state index contributed by atoms with van der Waals surface area (Å²) in [5.41, 5.74) is 3.68. The third kappa shape index (κ3) is 3.82. The molecule has 1 saturated heterocycles. The second-order valence-electron chi connectivity index (χ2n) is 8.66. The molecule has 1 aliphatic carbocycles. The highest BCUT2D eigenvalue weighted by atomic mass is 16.5. The minimum absolute atomic E-state index is 0.0949. The van der Waals surface area contributed by atoms with Crippen LogP contribution < -0.4 is 15.5 Å². The Balaban J connectivity index is 1.35. The summed E-state index contributed by atoms with van der Waals surface area (Å²) in [4.78, 5) is 25.6. The van der Waals surface area contributed by atoms with Crippen molar-refractivity contribution >= 4 is 22.7 Å². The molecule has 2 heterocycles. The molecule has 3 N–H and O–H groups in total. The molecule has 1 amide bonds. The Bertz CT molecular complexity index is 1120. The van der Waals surface area contributed by atoms with Crippen molar-refractivity contribution in [1.29, 1.82) is 0 Å². The molecule has 2 unspecified atom stereocenters. The summed E-state index contributed by atoms with van der Waals surface area (Å²) in [6.07, 6.45) is 4.44. The Morgan fingerprint density at radius 1 is 1.16 bits per heavy atom. The summed E-state index contributed by atoms with van der Waals surface area (Å²) in [7, 11) is 0. The van der Waals surface area contributed by atoms with Crippen LogP contribution in [0.25, 0.3) is 10.9 Å². The molecule has 160 valence electrons. The van der Waals surface area contributed by atoms with Crippen LogP contribution in [-0.2, 0) is 11.4 Å². The quantitative estimate of drug-likeness (QED) is 0.437. The van der Waals surface area contributed by atoms with Gasteiger partial charge in [0.25, 0.3) is 0 Å². The second-order valence-corrected chi connectivity index (χ2v) is 8.66. The van der Waals surface area contributed by atoms with Crippen LogP contribution in [0.2, 0.25) is 0 Å². The molecular formula is C24H25N3O4. The lowest BCUT2D eigenvalue weighted by Crippen LogP contribution is -2.56. The Hall–Kier alpha value is -3.16. The van der Waals surface area contributed by atoms with E-state index in [1.807, 2.05) is 54.6 Å². The molecule has 5 rings (SSSR count). The Morgan fingerprint density at radius 2 is 1.97 bits per heavy atom. The Kier molecular flexibility index (Phi) is 5.00. The molecule has 7 nitrogen and oxygen atoms in total. The Morgan fingerprint density at radius 3 is 2.71 bits per heavy atom. The molecular weight excluding hydrogens is 394 g/mol. The van der Waals surface area contributed by atoms with Gasteiger partial charge < -0.3 is 10.1 Å². The average molecular weight is 419 g/mol. The molecule has 2 aliphatic rings. The zero-order valence-corrected chi connectivity index (χ0v) is 17.1. The van der Waals surface area contributed by atoms with Crippen LogP contribution in [0, 0.1) is 11.3 Å². The van der Waals surface area contributed by atoms with Gasteiger partial charge in [-0.15, -0.1) is 0 Å². The lowest BCUT2D eigenvalue weighted by molar-refractivity contribution is -0.135. The van der Waals surface area contributed by atoms with Gasteiger partial charge in [-0.3, -0.25) is 19.4 Å². The number of hydrogen-bond donors (Lipinski definition) is 3. The number of carbonyl (C=O) groups is 2. The smallest absolute Gasteiger partial charge is 0.249 e. The molecule has 1 saturated carbocycles. The van der Waals surface area contributed by atoms with E-state index in [1.165, 1.54) is 0 Å². The highest BCUT2D eigenvalue weighted by Crippen LogP contribution is 2.52. The minimum atomic E-state index is -0.678. The fourth-order valence-electron chi connectivity index (χ4n) is 4.56. The fraction of sp³-hybridized carbons (Fsp3) is 0.333. The number of amides is 1. The number of hydroxylamine groups is 1. The van der Waals surface area contributed by atoms with Crippen LogP contribution >= 0.6 is 0 Å². The normalized spacial score (nSPS) is 21.7. The molecule has 2 fully saturated rings. The van der Waals surface area contributed by atoms with E-state index in [-0.39, 0.29) is 11.3 Å². The molecule has 2 atom stereocenters. The molecule has 2 aromatic carbocycles. The van der Waals surface area contributed by atoms with Crippen LogP contribution in [0.4, 0.5) is 0 Å². The van der Waals surface area contributed by atoms with Crippen molar-refractivity contribution in [3.8, 4) is 5.75 Å². The van der Waals surface area contributed by atoms with Crippen LogP contribution in [-0.4, -0.2) is 34.2 Å². The summed E-state index contributed by atoms with van der Waals surface area (Å²) in [5.74, 6) is -0.577. The van der Waals surface area contributed by atoms with Gasteiger partial charge in [-0.1, -0.05) is 30.3 Å². The molecule has 1 aromatic heterocycles. The van der Waals surface area contributed by atoms with E-state index in [0.717, 1.165) is 41.6 Å². The standard InChI is InChI=1S/C24H25N3O4/c28-22(26-30)19-13-24(9-10-24)15-25-21(19)23(29)27-11-8-17-12-18(6-7-20(17)27)31-14-16-4-2-1-3-5-16/h1-8,11-12,19,21,25,30H,9-10,13-15H2,(H,26,28). The van der Waals surface area contributed by atoms with Gasteiger partial charge in [0, 0.05) is 18.1 Å². The number of nitrogens with zero attached hydrogens (tertiary/aromatic N) is 1. The number of nitrogens with one attached hydrogen (secondary N) is 2. The van der Waals surface area contributed by atoms with Crippen molar-refractivity contribution in [3.63, 3.8) is 0 Å². The Labute approximate surface area is 180 Å². The third-order valence-corrected chi connectivity index (χ3v) is 6.57. The van der Waals surface area contributed by atoms with E-state index in [2.05, 4.69) is 5.32 Å². The maximum absolute atomic E-state index is 13.3. The fourth-order valence-corrected chi connectivity index (χ4v) is 4.56. The molecule has 0 bridgehead atoms. The number of carbonyl (C=O) groups excluding carboxylic acids is 2. The van der Waals surface area contributed by atoms with Crippen LogP contribution in [0.5, 0.6) is 5.75 Å². The van der Waals surface area contributed by atoms with Gasteiger partial charge in [0.2, 0.25) is 11.8 Å². The van der Waals surface area contributed by atoms with Gasteiger partial charge in [0.1, 0.15) is 12.4 Å². The van der Waals surface area contributed by atoms with Gasteiger partial charge >= 0.3 is 0 Å². The zero-order valence-electron chi connectivity index (χ0n) is 17.1. The SMILES string of the molecule is O=C(NO)C1CC2(CC2)CNC1C(=O)n1ccc2cc(OCc3ccccc3)ccc21. The van der Waals surface area contributed by atoms with Gasteiger partial charge in [-0.05, 0) is 54.5 Å². The largest absolute Gasteiger partial charge is 0.489 e. The second kappa shape index (κ2) is 7.83. The lowest BCUT2D eigenvalue weighted by atomic mass is 9.81. The highest BCUT2D eigenvalue weighted by molar-refractivity contribution is 5.98. The molecule has 1 aliphatic heterocycles. The maximum atomic E-state index is 13.3. The lowest BCUT2D eigenvalue weighted by Gasteiger charge is -2.35. The molecule has 3 aromatic rings. The number of fused-ring (bicyclic) bond motifs is 1. The predicted molar refractivity (Wildman–Crippen MR) is 115 cm³/mol. The average Bonchev–Trinajstić information content (AvgIpc) is 3.42. The minimum Gasteiger partial charge on any atom is -0.489 e. The molecule has 0 radical (unpaired) electrons. The van der Waals surface area contributed by atoms with Crippen molar-refractivity contribution < 1.29 is 19.5 Å². The summed E-state index contributed by atoms with van der Waals surface area (Å²) in [6, 6.07) is 16.7. The van der Waals surface area contributed by atoms with E-state index in [9.17, 15) is 14.8 Å². The first-order valence-corrected chi connectivity index (χ1v) is 10.6. The summed E-state index contributed by atoms with van der Waals surface area (Å²) >= 11 is 0. The van der Waals surface area contributed by atoms with Crippen LogP contribution in [0.1, 0.15) is 29.6 Å². The summed E-state index contributed by atoms with van der Waals surface area (Å²) in [6.45, 7) is 1.19. The van der Waals surface area contributed by atoms with Gasteiger partial charge in [-0.2, -0.15) is 0 Å². The van der Waals surface area contributed by atoms with Crippen molar-refractivity contribution in [3.05, 3.63) is 66.4 Å². The molecule has 31 heavy (non-hydrogen) atoms. The zero-order chi connectivity index (χ0) is 21.4. The predicted octanol–water partition coefficient (Wildman–Crippen LogP) is 3.12. The van der Waals surface area contributed by atoms with Crippen molar-refractivity contribution in [1.82, 2.24) is 15.4 Å². The highest BCUT2D eigenvalue weighted by Gasteiger charge is 2.52. The number of hydrogen-bond acceptors (Lipinski definition) is 5. The van der Waals surface area contributed by atoms with Gasteiger partial charge in [-0.25, -0.2) is 5.48 Å². The summed E-state index contributed by atoms with van der Waals surface area (Å²) in [5, 5.41) is 13.3. The van der Waals surface area contributed by atoms with E-state index < -0.39 is 17.9 Å². The first kappa shape index (κ1) is 19.8. The van der Waals surface area contributed by atoms with Crippen LogP contribution in [0.3, 0.4) is 0 Å². The van der Waals surface area contributed by atoms with Crippen molar-refractivity contribution in [2.75, 3.05) is 6.54 Å². The molecule has 1 spiro atoms. The third-order valence-electron chi connectivity index (χ3n) is 6.57. The monoisotopic (exact) mass is 419 g/mol. The maximum Gasteiger partial charge on any atom is 0.249 e.